The fraction of sp³-hybridized carbons (Fsp3) is 0.100. The van der Waals surface area contributed by atoms with E-state index in [-0.39, 0.29) is 5.82 Å². The molecular formula is C10H8BrFN2. The lowest BCUT2D eigenvalue weighted by Crippen LogP contribution is -1.95. The SMILES string of the molecule is Cc1cc2c(Br)cc(F)cc2nc1N. The van der Waals surface area contributed by atoms with Crippen LogP contribution in [0.1, 0.15) is 5.56 Å². The number of nitrogen functional groups attached to an aromatic ring is 1. The Labute approximate surface area is 89.1 Å². The van der Waals surface area contributed by atoms with Crippen molar-refractivity contribution in [1.82, 2.24) is 4.98 Å². The standard InChI is InChI=1S/C10H8BrFN2/c1-5-2-7-8(11)3-6(12)4-9(7)14-10(5)13/h2-4H,1H3,(H2,13,14). The summed E-state index contributed by atoms with van der Waals surface area (Å²) in [4.78, 5) is 4.10. The zero-order valence-electron chi connectivity index (χ0n) is 7.51. The molecule has 0 aliphatic rings. The summed E-state index contributed by atoms with van der Waals surface area (Å²) < 4.78 is 13.7. The van der Waals surface area contributed by atoms with Gasteiger partial charge in [-0.2, -0.15) is 0 Å². The van der Waals surface area contributed by atoms with E-state index in [9.17, 15) is 4.39 Å². The van der Waals surface area contributed by atoms with Gasteiger partial charge in [0.2, 0.25) is 0 Å². The predicted molar refractivity (Wildman–Crippen MR) is 58.6 cm³/mol. The molecule has 0 fully saturated rings. The van der Waals surface area contributed by atoms with Gasteiger partial charge in [0.25, 0.3) is 0 Å². The van der Waals surface area contributed by atoms with Gasteiger partial charge in [0, 0.05) is 15.9 Å². The number of nitrogens with zero attached hydrogens (tertiary/aromatic N) is 1. The van der Waals surface area contributed by atoms with E-state index in [4.69, 9.17) is 5.73 Å². The van der Waals surface area contributed by atoms with Crippen molar-refractivity contribution in [1.29, 1.82) is 0 Å². The summed E-state index contributed by atoms with van der Waals surface area (Å²) in [6, 6.07) is 4.68. The number of hydrogen-bond donors (Lipinski definition) is 1. The maximum atomic E-state index is 13.0. The maximum Gasteiger partial charge on any atom is 0.127 e. The van der Waals surface area contributed by atoms with Crippen LogP contribution in [0.25, 0.3) is 10.9 Å². The highest BCUT2D eigenvalue weighted by Gasteiger charge is 2.05. The molecule has 0 aliphatic heterocycles. The van der Waals surface area contributed by atoms with E-state index in [1.807, 2.05) is 13.0 Å². The molecule has 14 heavy (non-hydrogen) atoms. The van der Waals surface area contributed by atoms with Crippen molar-refractivity contribution in [2.24, 2.45) is 0 Å². The summed E-state index contributed by atoms with van der Waals surface area (Å²) in [7, 11) is 0. The third-order valence-corrected chi connectivity index (χ3v) is 2.73. The van der Waals surface area contributed by atoms with E-state index < -0.39 is 0 Å². The van der Waals surface area contributed by atoms with Crippen molar-refractivity contribution in [3.63, 3.8) is 0 Å². The van der Waals surface area contributed by atoms with Crippen LogP contribution in [-0.4, -0.2) is 4.98 Å². The third-order valence-electron chi connectivity index (χ3n) is 2.08. The summed E-state index contributed by atoms with van der Waals surface area (Å²) in [5, 5.41) is 0.873. The van der Waals surface area contributed by atoms with Gasteiger partial charge in [-0.15, -0.1) is 0 Å². The third kappa shape index (κ3) is 1.46. The lowest BCUT2D eigenvalue weighted by atomic mass is 10.1. The lowest BCUT2D eigenvalue weighted by molar-refractivity contribution is 0.628. The Morgan fingerprint density at radius 1 is 1.36 bits per heavy atom. The first-order valence-electron chi connectivity index (χ1n) is 4.10. The molecule has 0 saturated heterocycles. The molecule has 0 spiro atoms. The molecule has 0 atom stereocenters. The molecule has 0 radical (unpaired) electrons. The Bertz CT molecular complexity index is 511. The van der Waals surface area contributed by atoms with Crippen LogP contribution in [0.5, 0.6) is 0 Å². The summed E-state index contributed by atoms with van der Waals surface area (Å²) in [6.07, 6.45) is 0. The highest BCUT2D eigenvalue weighted by atomic mass is 79.9. The number of halogens is 2. The van der Waals surface area contributed by atoms with E-state index in [1.165, 1.54) is 12.1 Å². The van der Waals surface area contributed by atoms with Gasteiger partial charge in [0.1, 0.15) is 11.6 Å². The summed E-state index contributed by atoms with van der Waals surface area (Å²) in [5.41, 5.74) is 7.10. The molecule has 2 rings (SSSR count). The Morgan fingerprint density at radius 3 is 2.79 bits per heavy atom. The van der Waals surface area contributed by atoms with Gasteiger partial charge in [-0.25, -0.2) is 9.37 Å². The number of hydrogen-bond acceptors (Lipinski definition) is 2. The van der Waals surface area contributed by atoms with Gasteiger partial charge in [0.05, 0.1) is 5.52 Å². The fourth-order valence-electron chi connectivity index (χ4n) is 1.31. The monoisotopic (exact) mass is 254 g/mol. The van der Waals surface area contributed by atoms with Crippen LogP contribution in [0.4, 0.5) is 10.2 Å². The maximum absolute atomic E-state index is 13.0. The van der Waals surface area contributed by atoms with Gasteiger partial charge in [-0.3, -0.25) is 0 Å². The number of aryl methyl sites for hydroxylation is 1. The minimum Gasteiger partial charge on any atom is -0.383 e. The zero-order chi connectivity index (χ0) is 10.3. The lowest BCUT2D eigenvalue weighted by Gasteiger charge is -2.04. The van der Waals surface area contributed by atoms with Crippen molar-refractivity contribution >= 4 is 32.7 Å². The normalized spacial score (nSPS) is 10.8. The zero-order valence-corrected chi connectivity index (χ0v) is 9.10. The molecule has 0 aliphatic carbocycles. The molecule has 0 bridgehead atoms. The number of rotatable bonds is 0. The molecule has 4 heteroatoms. The van der Waals surface area contributed by atoms with Crippen LogP contribution in [0, 0.1) is 12.7 Å². The fourth-order valence-corrected chi connectivity index (χ4v) is 1.85. The molecule has 2 N–H and O–H groups in total. The average molecular weight is 255 g/mol. The number of aromatic nitrogens is 1. The Morgan fingerprint density at radius 2 is 2.07 bits per heavy atom. The quantitative estimate of drug-likeness (QED) is 0.785. The Hall–Kier alpha value is -1.16. The molecule has 1 aromatic carbocycles. The number of benzene rings is 1. The molecule has 1 aromatic heterocycles. The Kier molecular flexibility index (Phi) is 2.15. The van der Waals surface area contributed by atoms with Gasteiger partial charge < -0.3 is 5.73 Å². The van der Waals surface area contributed by atoms with E-state index in [2.05, 4.69) is 20.9 Å². The van der Waals surface area contributed by atoms with Gasteiger partial charge in [-0.1, -0.05) is 0 Å². The minimum atomic E-state index is -0.319. The Balaban J connectivity index is 2.89. The molecule has 0 saturated carbocycles. The highest BCUT2D eigenvalue weighted by molar-refractivity contribution is 9.10. The van der Waals surface area contributed by atoms with E-state index in [1.54, 1.807) is 0 Å². The summed E-state index contributed by atoms with van der Waals surface area (Å²) in [6.45, 7) is 1.87. The van der Waals surface area contributed by atoms with Crippen LogP contribution < -0.4 is 5.73 Å². The van der Waals surface area contributed by atoms with Gasteiger partial charge in [0.15, 0.2) is 0 Å². The molecule has 1 heterocycles. The number of nitrogens with two attached hydrogens (primary N) is 1. The number of fused-ring (bicyclic) bond motifs is 1. The molecule has 0 unspecified atom stereocenters. The molecular weight excluding hydrogens is 247 g/mol. The first-order chi connectivity index (χ1) is 6.58. The van der Waals surface area contributed by atoms with Crippen molar-refractivity contribution in [2.75, 3.05) is 5.73 Å². The van der Waals surface area contributed by atoms with Crippen LogP contribution >= 0.6 is 15.9 Å². The highest BCUT2D eigenvalue weighted by Crippen LogP contribution is 2.26. The summed E-state index contributed by atoms with van der Waals surface area (Å²) >= 11 is 3.29. The van der Waals surface area contributed by atoms with E-state index in [0.717, 1.165) is 10.9 Å². The summed E-state index contributed by atoms with van der Waals surface area (Å²) in [5.74, 6) is 0.120. The molecule has 2 aromatic rings. The molecule has 2 nitrogen and oxygen atoms in total. The largest absolute Gasteiger partial charge is 0.383 e. The second-order valence-corrected chi connectivity index (χ2v) is 4.00. The molecule has 0 amide bonds. The second-order valence-electron chi connectivity index (χ2n) is 3.14. The van der Waals surface area contributed by atoms with Crippen LogP contribution in [-0.2, 0) is 0 Å². The molecule has 72 valence electrons. The smallest absolute Gasteiger partial charge is 0.127 e. The van der Waals surface area contributed by atoms with Crippen LogP contribution in [0.3, 0.4) is 0 Å². The van der Waals surface area contributed by atoms with Crippen molar-refractivity contribution in [3.8, 4) is 0 Å². The predicted octanol–water partition coefficient (Wildman–Crippen LogP) is 3.03. The topological polar surface area (TPSA) is 38.9 Å². The van der Waals surface area contributed by atoms with E-state index in [0.29, 0.717) is 15.8 Å². The number of anilines is 1. The first kappa shape index (κ1) is 9.40. The second kappa shape index (κ2) is 3.20. The van der Waals surface area contributed by atoms with Crippen LogP contribution in [0.15, 0.2) is 22.7 Å². The number of pyridine rings is 1. The van der Waals surface area contributed by atoms with Gasteiger partial charge >= 0.3 is 0 Å². The van der Waals surface area contributed by atoms with Gasteiger partial charge in [-0.05, 0) is 40.5 Å². The first-order valence-corrected chi connectivity index (χ1v) is 4.89. The van der Waals surface area contributed by atoms with Crippen LogP contribution in [0.2, 0.25) is 0 Å². The average Bonchev–Trinajstić information content (AvgIpc) is 2.08. The van der Waals surface area contributed by atoms with Crippen molar-refractivity contribution in [2.45, 2.75) is 6.92 Å². The van der Waals surface area contributed by atoms with E-state index >= 15 is 0 Å². The van der Waals surface area contributed by atoms with Crippen molar-refractivity contribution < 1.29 is 4.39 Å². The van der Waals surface area contributed by atoms with Crippen molar-refractivity contribution in [3.05, 3.63) is 34.1 Å². The minimum absolute atomic E-state index is 0.319.